The van der Waals surface area contributed by atoms with Gasteiger partial charge in [0, 0.05) is 19.7 Å². The zero-order valence-electron chi connectivity index (χ0n) is 9.04. The molecule has 0 amide bonds. The maximum Gasteiger partial charge on any atom is 0.215 e. The topological polar surface area (TPSA) is 67.4 Å². The van der Waals surface area contributed by atoms with Crippen LogP contribution in [0.25, 0.3) is 0 Å². The maximum absolute atomic E-state index is 11.5. The quantitative estimate of drug-likeness (QED) is 0.548. The van der Waals surface area contributed by atoms with E-state index in [1.54, 1.807) is 14.0 Å². The molecule has 0 rings (SSSR count). The van der Waals surface area contributed by atoms with Gasteiger partial charge >= 0.3 is 0 Å². The van der Waals surface area contributed by atoms with Crippen LogP contribution >= 0.6 is 0 Å². The van der Waals surface area contributed by atoms with E-state index < -0.39 is 15.3 Å². The fraction of sp³-hybridized carbons (Fsp3) is 1.00. The fourth-order valence-electron chi connectivity index (χ4n) is 0.940. The third kappa shape index (κ3) is 5.54. The molecule has 0 saturated heterocycles. The first-order valence-electron chi connectivity index (χ1n) is 4.75. The summed E-state index contributed by atoms with van der Waals surface area (Å²) in [5.41, 5.74) is 0. The first kappa shape index (κ1) is 13.8. The molecule has 5 nitrogen and oxygen atoms in total. The number of rotatable bonds is 8. The second-order valence-electron chi connectivity index (χ2n) is 3.00. The Balaban J connectivity index is 3.83. The van der Waals surface area contributed by atoms with Crippen molar-refractivity contribution in [2.75, 3.05) is 33.4 Å². The van der Waals surface area contributed by atoms with E-state index in [1.807, 2.05) is 6.92 Å². The molecule has 2 N–H and O–H groups in total. The molecule has 86 valence electrons. The van der Waals surface area contributed by atoms with Crippen molar-refractivity contribution in [1.82, 2.24) is 10.0 Å². The van der Waals surface area contributed by atoms with E-state index in [9.17, 15) is 8.42 Å². The molecule has 0 aliphatic carbocycles. The molecule has 0 bridgehead atoms. The number of hydrogen-bond acceptors (Lipinski definition) is 4. The predicted octanol–water partition coefficient (Wildman–Crippen LogP) is -0.450. The highest BCUT2D eigenvalue weighted by atomic mass is 32.2. The highest BCUT2D eigenvalue weighted by Gasteiger charge is 2.18. The number of hydrogen-bond donors (Lipinski definition) is 2. The van der Waals surface area contributed by atoms with Gasteiger partial charge in [-0.25, -0.2) is 13.1 Å². The van der Waals surface area contributed by atoms with Gasteiger partial charge in [-0.05, 0) is 20.9 Å². The molecule has 0 spiro atoms. The highest BCUT2D eigenvalue weighted by Crippen LogP contribution is 1.95. The molecule has 14 heavy (non-hydrogen) atoms. The molecule has 0 aromatic carbocycles. The van der Waals surface area contributed by atoms with Gasteiger partial charge in [0.15, 0.2) is 0 Å². The van der Waals surface area contributed by atoms with Crippen LogP contribution in [0, 0.1) is 0 Å². The van der Waals surface area contributed by atoms with Gasteiger partial charge in [0.2, 0.25) is 10.0 Å². The van der Waals surface area contributed by atoms with E-state index in [0.29, 0.717) is 26.3 Å². The molecule has 0 radical (unpaired) electrons. The van der Waals surface area contributed by atoms with Crippen molar-refractivity contribution in [1.29, 1.82) is 0 Å². The summed E-state index contributed by atoms with van der Waals surface area (Å²) < 4.78 is 30.5. The summed E-state index contributed by atoms with van der Waals surface area (Å²) in [6, 6.07) is 0. The molecule has 1 unspecified atom stereocenters. The highest BCUT2D eigenvalue weighted by molar-refractivity contribution is 7.90. The summed E-state index contributed by atoms with van der Waals surface area (Å²) in [7, 11) is -1.47. The zero-order valence-corrected chi connectivity index (χ0v) is 9.86. The van der Waals surface area contributed by atoms with Gasteiger partial charge in [-0.15, -0.1) is 0 Å². The minimum absolute atomic E-state index is 0.338. The summed E-state index contributed by atoms with van der Waals surface area (Å²) in [5, 5.41) is 2.40. The van der Waals surface area contributed by atoms with E-state index >= 15 is 0 Å². The minimum Gasteiger partial charge on any atom is -0.380 e. The summed E-state index contributed by atoms with van der Waals surface area (Å²) in [5.74, 6) is 0. The predicted molar refractivity (Wildman–Crippen MR) is 56.8 cm³/mol. The Morgan fingerprint density at radius 3 is 2.57 bits per heavy atom. The number of sulfonamides is 1. The lowest BCUT2D eigenvalue weighted by atomic mass is 10.5. The Bertz CT molecular complexity index is 229. The summed E-state index contributed by atoms with van der Waals surface area (Å²) in [6.07, 6.45) is 0. The second kappa shape index (κ2) is 7.17. The van der Waals surface area contributed by atoms with Crippen molar-refractivity contribution in [2.45, 2.75) is 19.1 Å². The van der Waals surface area contributed by atoms with Crippen LogP contribution in [0.4, 0.5) is 0 Å². The lowest BCUT2D eigenvalue weighted by Gasteiger charge is -2.13. The molecule has 0 aromatic rings. The molecule has 0 heterocycles. The van der Waals surface area contributed by atoms with Crippen molar-refractivity contribution in [3.63, 3.8) is 0 Å². The van der Waals surface area contributed by atoms with Gasteiger partial charge in [-0.2, -0.15) is 0 Å². The van der Waals surface area contributed by atoms with Crippen molar-refractivity contribution in [3.8, 4) is 0 Å². The molecule has 0 aliphatic rings. The number of nitrogens with one attached hydrogen (secondary N) is 2. The van der Waals surface area contributed by atoms with Gasteiger partial charge in [0.25, 0.3) is 0 Å². The average Bonchev–Trinajstić information content (AvgIpc) is 2.13. The zero-order chi connectivity index (χ0) is 11.0. The fourth-order valence-corrected chi connectivity index (χ4v) is 1.98. The Morgan fingerprint density at radius 1 is 1.43 bits per heavy atom. The van der Waals surface area contributed by atoms with Gasteiger partial charge in [-0.1, -0.05) is 0 Å². The normalized spacial score (nSPS) is 14.2. The molecule has 1 atom stereocenters. The van der Waals surface area contributed by atoms with Crippen molar-refractivity contribution < 1.29 is 13.2 Å². The summed E-state index contributed by atoms with van der Waals surface area (Å²) >= 11 is 0. The van der Waals surface area contributed by atoms with Crippen LogP contribution in [0.15, 0.2) is 0 Å². The second-order valence-corrected chi connectivity index (χ2v) is 5.19. The van der Waals surface area contributed by atoms with E-state index in [0.717, 1.165) is 0 Å². The lowest BCUT2D eigenvalue weighted by molar-refractivity contribution is 0.153. The van der Waals surface area contributed by atoms with E-state index in [4.69, 9.17) is 4.74 Å². The third-order valence-corrected chi connectivity index (χ3v) is 3.61. The van der Waals surface area contributed by atoms with Crippen LogP contribution in [-0.2, 0) is 14.8 Å². The largest absolute Gasteiger partial charge is 0.380 e. The van der Waals surface area contributed by atoms with Crippen LogP contribution in [0.1, 0.15) is 13.8 Å². The Kier molecular flexibility index (Phi) is 7.08. The van der Waals surface area contributed by atoms with E-state index in [2.05, 4.69) is 10.0 Å². The van der Waals surface area contributed by atoms with Gasteiger partial charge < -0.3 is 10.1 Å². The van der Waals surface area contributed by atoms with Crippen molar-refractivity contribution in [3.05, 3.63) is 0 Å². The van der Waals surface area contributed by atoms with Crippen LogP contribution in [0.2, 0.25) is 0 Å². The minimum atomic E-state index is -3.20. The average molecular weight is 224 g/mol. The number of ether oxygens (including phenoxy) is 1. The smallest absolute Gasteiger partial charge is 0.215 e. The Labute approximate surface area is 86.3 Å². The molecular formula is C8H20N2O3S. The maximum atomic E-state index is 11.5. The van der Waals surface area contributed by atoms with Crippen LogP contribution < -0.4 is 10.0 Å². The molecular weight excluding hydrogens is 204 g/mol. The standard InChI is InChI=1S/C8H20N2O3S/c1-4-13-6-5-10-14(11,12)8(2)7-9-3/h8-10H,4-7H2,1-3H3. The third-order valence-electron chi connectivity index (χ3n) is 1.78. The van der Waals surface area contributed by atoms with E-state index in [1.165, 1.54) is 0 Å². The van der Waals surface area contributed by atoms with Crippen LogP contribution in [0.5, 0.6) is 0 Å². The van der Waals surface area contributed by atoms with Crippen molar-refractivity contribution >= 4 is 10.0 Å². The molecule has 6 heteroatoms. The molecule has 0 fully saturated rings. The summed E-state index contributed by atoms with van der Waals surface area (Å²) in [6.45, 7) is 5.35. The molecule has 0 aromatic heterocycles. The van der Waals surface area contributed by atoms with Crippen LogP contribution in [-0.4, -0.2) is 47.0 Å². The monoisotopic (exact) mass is 224 g/mol. The summed E-state index contributed by atoms with van der Waals surface area (Å²) in [4.78, 5) is 0. The lowest BCUT2D eigenvalue weighted by Crippen LogP contribution is -2.39. The van der Waals surface area contributed by atoms with Gasteiger partial charge in [0.05, 0.1) is 11.9 Å². The van der Waals surface area contributed by atoms with Crippen molar-refractivity contribution in [2.24, 2.45) is 0 Å². The first-order valence-corrected chi connectivity index (χ1v) is 6.30. The first-order chi connectivity index (χ1) is 6.54. The van der Waals surface area contributed by atoms with Crippen LogP contribution in [0.3, 0.4) is 0 Å². The molecule has 0 aliphatic heterocycles. The Hall–Kier alpha value is -0.170. The van der Waals surface area contributed by atoms with Gasteiger partial charge in [0.1, 0.15) is 0 Å². The molecule has 0 saturated carbocycles. The van der Waals surface area contributed by atoms with E-state index in [-0.39, 0.29) is 0 Å². The van der Waals surface area contributed by atoms with Gasteiger partial charge in [-0.3, -0.25) is 0 Å². The Morgan fingerprint density at radius 2 is 2.07 bits per heavy atom. The SMILES string of the molecule is CCOCCNS(=O)(=O)C(C)CNC.